The van der Waals surface area contributed by atoms with Gasteiger partial charge in [-0.2, -0.15) is 0 Å². The van der Waals surface area contributed by atoms with Crippen LogP contribution in [0.4, 0.5) is 0 Å². The average molecular weight is 453 g/mol. The number of carbonyl (C=O) groups excluding carboxylic acids is 2. The number of ether oxygens (including phenoxy) is 4. The second-order valence-corrected chi connectivity index (χ2v) is 9.35. The van der Waals surface area contributed by atoms with Crippen LogP contribution in [0.15, 0.2) is 30.3 Å². The van der Waals surface area contributed by atoms with E-state index in [0.717, 1.165) is 41.5 Å². The zero-order valence-corrected chi connectivity index (χ0v) is 19.9. The first-order valence-corrected chi connectivity index (χ1v) is 11.6. The fraction of sp³-hybridized carbons (Fsp3) is 0.481. The molecule has 0 aliphatic heterocycles. The summed E-state index contributed by atoms with van der Waals surface area (Å²) in [6.45, 7) is 4.65. The first-order chi connectivity index (χ1) is 15.9. The van der Waals surface area contributed by atoms with Crippen molar-refractivity contribution in [2.45, 2.75) is 46.0 Å². The molecule has 33 heavy (non-hydrogen) atoms. The Kier molecular flexibility index (Phi) is 6.63. The Labute approximate surface area is 195 Å². The molecule has 0 amide bonds. The molecule has 0 aromatic heterocycles. The molecule has 4 rings (SSSR count). The molecule has 6 nitrogen and oxygen atoms in total. The summed E-state index contributed by atoms with van der Waals surface area (Å²) in [6.07, 6.45) is 3.66. The van der Waals surface area contributed by atoms with Crippen LogP contribution in [-0.2, 0) is 16.0 Å². The number of esters is 1. The molecule has 0 saturated heterocycles. The number of hydrogen-bond acceptors (Lipinski definition) is 6. The zero-order valence-electron chi connectivity index (χ0n) is 19.9. The van der Waals surface area contributed by atoms with Gasteiger partial charge in [-0.05, 0) is 48.4 Å². The van der Waals surface area contributed by atoms with Crippen LogP contribution in [0.1, 0.15) is 55.5 Å². The first kappa shape index (κ1) is 23.1. The molecule has 0 bridgehead atoms. The average Bonchev–Trinajstić information content (AvgIpc) is 3.17. The molecule has 2 aromatic carbocycles. The number of carbonyl (C=O) groups is 2. The molecule has 0 unspecified atom stereocenters. The number of benzene rings is 2. The van der Waals surface area contributed by atoms with Crippen LogP contribution < -0.4 is 14.2 Å². The van der Waals surface area contributed by atoms with Gasteiger partial charge in [0.1, 0.15) is 12.0 Å². The van der Waals surface area contributed by atoms with E-state index in [0.29, 0.717) is 36.7 Å². The number of ketones is 1. The quantitative estimate of drug-likeness (QED) is 0.484. The maximum Gasteiger partial charge on any atom is 0.315 e. The molecule has 6 heteroatoms. The summed E-state index contributed by atoms with van der Waals surface area (Å²) in [6, 6.07) is 9.55. The molecule has 176 valence electrons. The molecular weight excluding hydrogens is 420 g/mol. The summed E-state index contributed by atoms with van der Waals surface area (Å²) in [4.78, 5) is 25.2. The van der Waals surface area contributed by atoms with Crippen molar-refractivity contribution in [2.75, 3.05) is 27.4 Å². The summed E-state index contributed by atoms with van der Waals surface area (Å²) in [5, 5.41) is 0. The highest BCUT2D eigenvalue weighted by atomic mass is 16.5. The predicted molar refractivity (Wildman–Crippen MR) is 125 cm³/mol. The van der Waals surface area contributed by atoms with Gasteiger partial charge in [0.25, 0.3) is 0 Å². The van der Waals surface area contributed by atoms with E-state index in [1.165, 1.54) is 0 Å². The van der Waals surface area contributed by atoms with E-state index in [1.807, 2.05) is 44.2 Å². The minimum atomic E-state index is -0.644. The van der Waals surface area contributed by atoms with Crippen LogP contribution in [0.2, 0.25) is 0 Å². The van der Waals surface area contributed by atoms with Crippen molar-refractivity contribution in [3.63, 3.8) is 0 Å². The van der Waals surface area contributed by atoms with Crippen LogP contribution >= 0.6 is 0 Å². The monoisotopic (exact) mass is 452 g/mol. The third kappa shape index (κ3) is 4.31. The van der Waals surface area contributed by atoms with Gasteiger partial charge < -0.3 is 18.9 Å². The Balaban J connectivity index is 1.71. The van der Waals surface area contributed by atoms with Gasteiger partial charge in [-0.25, -0.2) is 0 Å². The largest absolute Gasteiger partial charge is 0.493 e. The van der Waals surface area contributed by atoms with Crippen molar-refractivity contribution in [3.05, 3.63) is 41.5 Å². The van der Waals surface area contributed by atoms with E-state index < -0.39 is 5.41 Å². The van der Waals surface area contributed by atoms with E-state index >= 15 is 0 Å². The SMILES string of the molecule is COc1ccc(-c2cccc3c2CCC3=O)c(OCC2(C(=O)OCC(C)C)CCC2)c1OC. The van der Waals surface area contributed by atoms with E-state index in [-0.39, 0.29) is 24.3 Å². The third-order valence-electron chi connectivity index (χ3n) is 6.65. The van der Waals surface area contributed by atoms with Crippen LogP contribution in [0.25, 0.3) is 11.1 Å². The molecule has 1 fully saturated rings. The Morgan fingerprint density at radius 1 is 0.970 bits per heavy atom. The Morgan fingerprint density at radius 3 is 2.36 bits per heavy atom. The highest BCUT2D eigenvalue weighted by Gasteiger charge is 2.47. The minimum absolute atomic E-state index is 0.163. The van der Waals surface area contributed by atoms with E-state index in [2.05, 4.69) is 0 Å². The number of hydrogen-bond donors (Lipinski definition) is 0. The van der Waals surface area contributed by atoms with E-state index in [4.69, 9.17) is 18.9 Å². The van der Waals surface area contributed by atoms with E-state index in [9.17, 15) is 9.59 Å². The maximum absolute atomic E-state index is 12.9. The predicted octanol–water partition coefficient (Wildman–Crippen LogP) is 5.25. The lowest BCUT2D eigenvalue weighted by molar-refractivity contribution is -0.165. The molecule has 0 N–H and O–H groups in total. The molecule has 2 aliphatic rings. The topological polar surface area (TPSA) is 71.1 Å². The van der Waals surface area contributed by atoms with Gasteiger partial charge in [0.15, 0.2) is 17.3 Å². The lowest BCUT2D eigenvalue weighted by Crippen LogP contribution is -2.44. The maximum atomic E-state index is 12.9. The molecule has 2 aliphatic carbocycles. The van der Waals surface area contributed by atoms with Crippen molar-refractivity contribution in [2.24, 2.45) is 11.3 Å². The lowest BCUT2D eigenvalue weighted by Gasteiger charge is -2.39. The molecule has 2 aromatic rings. The number of methoxy groups -OCH3 is 2. The van der Waals surface area contributed by atoms with E-state index in [1.54, 1.807) is 14.2 Å². The van der Waals surface area contributed by atoms with Crippen molar-refractivity contribution < 1.29 is 28.5 Å². The van der Waals surface area contributed by atoms with Gasteiger partial charge in [0.05, 0.1) is 20.8 Å². The smallest absolute Gasteiger partial charge is 0.315 e. The minimum Gasteiger partial charge on any atom is -0.493 e. The van der Waals surface area contributed by atoms with Crippen LogP contribution in [0.3, 0.4) is 0 Å². The Morgan fingerprint density at radius 2 is 1.73 bits per heavy atom. The summed E-state index contributed by atoms with van der Waals surface area (Å²) < 4.78 is 23.2. The summed E-state index contributed by atoms with van der Waals surface area (Å²) >= 11 is 0. The molecule has 1 saturated carbocycles. The summed E-state index contributed by atoms with van der Waals surface area (Å²) in [5.41, 5.74) is 2.91. The van der Waals surface area contributed by atoms with Gasteiger partial charge in [0.2, 0.25) is 5.75 Å². The lowest BCUT2D eigenvalue weighted by atomic mass is 9.69. The first-order valence-electron chi connectivity index (χ1n) is 11.6. The van der Waals surface area contributed by atoms with Crippen molar-refractivity contribution in [1.82, 2.24) is 0 Å². The van der Waals surface area contributed by atoms with Gasteiger partial charge in [-0.15, -0.1) is 0 Å². The van der Waals surface area contributed by atoms with Crippen molar-refractivity contribution in [3.8, 4) is 28.4 Å². The second-order valence-electron chi connectivity index (χ2n) is 9.35. The summed E-state index contributed by atoms with van der Waals surface area (Å²) in [5.74, 6) is 1.78. The molecule has 0 atom stereocenters. The van der Waals surface area contributed by atoms with Crippen molar-refractivity contribution in [1.29, 1.82) is 0 Å². The Bertz CT molecular complexity index is 1050. The molecule has 0 spiro atoms. The van der Waals surface area contributed by atoms with Crippen LogP contribution in [0, 0.1) is 11.3 Å². The Hall–Kier alpha value is -3.02. The van der Waals surface area contributed by atoms with Gasteiger partial charge in [-0.3, -0.25) is 9.59 Å². The number of rotatable bonds is 9. The third-order valence-corrected chi connectivity index (χ3v) is 6.65. The molecule has 0 radical (unpaired) electrons. The fourth-order valence-corrected chi connectivity index (χ4v) is 4.61. The standard InChI is InChI=1S/C27H32O6/c1-17(2)15-32-26(29)27(13-6-14-27)16-33-24-21(10-12-23(30-3)25(24)31-4)18-7-5-8-20-19(18)9-11-22(20)28/h5,7-8,10,12,17H,6,9,11,13-16H2,1-4H3. The molecule has 0 heterocycles. The zero-order chi connectivity index (χ0) is 23.6. The van der Waals surface area contributed by atoms with Gasteiger partial charge >= 0.3 is 5.97 Å². The highest BCUT2D eigenvalue weighted by Crippen LogP contribution is 2.49. The van der Waals surface area contributed by atoms with Gasteiger partial charge in [0, 0.05) is 17.5 Å². The molecular formula is C27H32O6. The fourth-order valence-electron chi connectivity index (χ4n) is 4.61. The van der Waals surface area contributed by atoms with Gasteiger partial charge in [-0.1, -0.05) is 38.5 Å². The van der Waals surface area contributed by atoms with Crippen molar-refractivity contribution >= 4 is 11.8 Å². The van der Waals surface area contributed by atoms with Crippen LogP contribution in [-0.4, -0.2) is 39.2 Å². The number of Topliss-reactive ketones (excluding diaryl/α,β-unsaturated/α-hetero) is 1. The van der Waals surface area contributed by atoms with Crippen LogP contribution in [0.5, 0.6) is 17.2 Å². The summed E-state index contributed by atoms with van der Waals surface area (Å²) in [7, 11) is 3.15. The normalized spacial score (nSPS) is 16.2. The second kappa shape index (κ2) is 9.46. The highest BCUT2D eigenvalue weighted by molar-refractivity contribution is 6.02. The number of fused-ring (bicyclic) bond motifs is 1.